The van der Waals surface area contributed by atoms with Gasteiger partial charge in [0, 0.05) is 11.1 Å². The Hall–Kier alpha value is -3.00. The summed E-state index contributed by atoms with van der Waals surface area (Å²) in [5.41, 5.74) is 7.56. The molecule has 0 spiro atoms. The van der Waals surface area contributed by atoms with Gasteiger partial charge in [-0.25, -0.2) is 10.9 Å². The van der Waals surface area contributed by atoms with Gasteiger partial charge in [-0.15, -0.1) is 0 Å². The Morgan fingerprint density at radius 1 is 0.706 bits per heavy atom. The first-order valence-corrected chi connectivity index (χ1v) is 12.0. The van der Waals surface area contributed by atoms with E-state index in [1.807, 2.05) is 24.3 Å². The van der Waals surface area contributed by atoms with Crippen LogP contribution in [0.3, 0.4) is 0 Å². The van der Waals surface area contributed by atoms with E-state index >= 15 is 0 Å². The number of carbonyl (C=O) groups excluding carboxylic acids is 2. The molecule has 0 fully saturated rings. The molecule has 0 heterocycles. The predicted molar refractivity (Wildman–Crippen MR) is 148 cm³/mol. The van der Waals surface area contributed by atoms with E-state index in [-0.39, 0.29) is 11.8 Å². The second-order valence-corrected chi connectivity index (χ2v) is 9.09. The molecule has 2 amide bonds. The van der Waals surface area contributed by atoms with Crippen LogP contribution in [-0.2, 0) is 0 Å². The van der Waals surface area contributed by atoms with Crippen molar-refractivity contribution < 1.29 is 19.1 Å². The first-order chi connectivity index (χ1) is 16.4. The Morgan fingerprint density at radius 2 is 1.09 bits per heavy atom. The summed E-state index contributed by atoms with van der Waals surface area (Å²) in [4.78, 5) is 24.5. The van der Waals surface area contributed by atoms with E-state index < -0.39 is 0 Å². The lowest BCUT2D eigenvalue weighted by atomic mass is 10.2. The number of nitrogens with zero attached hydrogens (tertiary/aromatic N) is 2. The highest BCUT2D eigenvalue weighted by Gasteiger charge is 2.09. The quantitative estimate of drug-likeness (QED) is 0.209. The molecule has 0 aliphatic rings. The molecule has 174 valence electrons. The van der Waals surface area contributed by atoms with Crippen molar-refractivity contribution in [2.45, 2.75) is 0 Å². The van der Waals surface area contributed by atoms with Crippen LogP contribution >= 0.6 is 45.2 Å². The van der Waals surface area contributed by atoms with Crippen LogP contribution in [0.1, 0.15) is 31.8 Å². The fourth-order valence-electron chi connectivity index (χ4n) is 2.74. The summed E-state index contributed by atoms with van der Waals surface area (Å²) in [6, 6.07) is 17.6. The number of hydrogen-bond acceptors (Lipinski definition) is 6. The van der Waals surface area contributed by atoms with Crippen LogP contribution in [0.15, 0.2) is 70.9 Å². The Labute approximate surface area is 224 Å². The van der Waals surface area contributed by atoms with E-state index in [0.29, 0.717) is 22.6 Å². The largest absolute Gasteiger partial charge is 0.496 e. The summed E-state index contributed by atoms with van der Waals surface area (Å²) in [6.45, 7) is 0. The molecule has 0 aliphatic heterocycles. The van der Waals surface area contributed by atoms with Gasteiger partial charge in [-0.3, -0.25) is 9.59 Å². The Kier molecular flexibility index (Phi) is 9.39. The van der Waals surface area contributed by atoms with Gasteiger partial charge in [-0.1, -0.05) is 24.3 Å². The number of methoxy groups -OCH3 is 2. The van der Waals surface area contributed by atoms with E-state index in [1.165, 1.54) is 0 Å². The van der Waals surface area contributed by atoms with Crippen LogP contribution in [0.25, 0.3) is 0 Å². The molecule has 0 bridgehead atoms. The third-order valence-electron chi connectivity index (χ3n) is 4.52. The molecule has 0 radical (unpaired) electrons. The van der Waals surface area contributed by atoms with E-state index in [1.54, 1.807) is 63.0 Å². The zero-order chi connectivity index (χ0) is 24.5. The summed E-state index contributed by atoms with van der Waals surface area (Å²) in [5.74, 6) is 0.782. The van der Waals surface area contributed by atoms with Crippen LogP contribution in [0.4, 0.5) is 0 Å². The van der Waals surface area contributed by atoms with Crippen LogP contribution < -0.4 is 20.3 Å². The lowest BCUT2D eigenvalue weighted by Crippen LogP contribution is -2.18. The smallest absolute Gasteiger partial charge is 0.271 e. The van der Waals surface area contributed by atoms with Crippen molar-refractivity contribution in [2.24, 2.45) is 10.2 Å². The molecule has 0 unspecified atom stereocenters. The Balaban J connectivity index is 1.52. The third-order valence-corrected chi connectivity index (χ3v) is 6.21. The number of ether oxygens (including phenoxy) is 2. The molecule has 8 nitrogen and oxygen atoms in total. The van der Waals surface area contributed by atoms with E-state index in [9.17, 15) is 9.59 Å². The maximum atomic E-state index is 12.2. The van der Waals surface area contributed by atoms with Gasteiger partial charge in [0.2, 0.25) is 0 Å². The number of benzene rings is 3. The van der Waals surface area contributed by atoms with Crippen molar-refractivity contribution in [2.75, 3.05) is 14.2 Å². The minimum Gasteiger partial charge on any atom is -0.496 e. The van der Waals surface area contributed by atoms with Crippen LogP contribution in [0, 0.1) is 7.14 Å². The zero-order valence-electron chi connectivity index (χ0n) is 18.2. The first-order valence-electron chi connectivity index (χ1n) is 9.85. The second kappa shape index (κ2) is 12.5. The summed E-state index contributed by atoms with van der Waals surface area (Å²) in [5, 5.41) is 8.00. The summed E-state index contributed by atoms with van der Waals surface area (Å²) < 4.78 is 12.1. The maximum Gasteiger partial charge on any atom is 0.271 e. The van der Waals surface area contributed by atoms with Gasteiger partial charge in [0.15, 0.2) is 0 Å². The van der Waals surface area contributed by atoms with Crippen molar-refractivity contribution >= 4 is 69.4 Å². The third kappa shape index (κ3) is 7.00. The molecular formula is C24H20I2N4O4. The number of hydrazone groups is 2. The van der Waals surface area contributed by atoms with Crippen molar-refractivity contribution in [1.29, 1.82) is 0 Å². The van der Waals surface area contributed by atoms with Crippen molar-refractivity contribution in [3.05, 3.63) is 90.1 Å². The monoisotopic (exact) mass is 682 g/mol. The summed E-state index contributed by atoms with van der Waals surface area (Å²) in [6.07, 6.45) is 3.08. The Bertz CT molecular complexity index is 1150. The van der Waals surface area contributed by atoms with Gasteiger partial charge in [-0.05, 0) is 92.7 Å². The van der Waals surface area contributed by atoms with Gasteiger partial charge in [0.05, 0.1) is 33.8 Å². The molecule has 34 heavy (non-hydrogen) atoms. The van der Waals surface area contributed by atoms with Crippen molar-refractivity contribution in [3.63, 3.8) is 0 Å². The molecule has 10 heteroatoms. The number of rotatable bonds is 8. The summed E-state index contributed by atoms with van der Waals surface area (Å²) >= 11 is 4.21. The maximum absolute atomic E-state index is 12.2. The molecular weight excluding hydrogens is 662 g/mol. The van der Waals surface area contributed by atoms with E-state index in [2.05, 4.69) is 66.2 Å². The molecule has 0 aromatic heterocycles. The highest BCUT2D eigenvalue weighted by Crippen LogP contribution is 2.22. The van der Waals surface area contributed by atoms with E-state index in [0.717, 1.165) is 18.3 Å². The van der Waals surface area contributed by atoms with E-state index in [4.69, 9.17) is 9.47 Å². The molecule has 2 N–H and O–H groups in total. The number of nitrogens with one attached hydrogen (secondary N) is 2. The fourth-order valence-corrected chi connectivity index (χ4v) is 4.21. The van der Waals surface area contributed by atoms with Gasteiger partial charge < -0.3 is 9.47 Å². The molecule has 0 saturated heterocycles. The topological polar surface area (TPSA) is 101 Å². The van der Waals surface area contributed by atoms with Gasteiger partial charge in [0.25, 0.3) is 11.8 Å². The lowest BCUT2D eigenvalue weighted by Gasteiger charge is -2.05. The SMILES string of the molecule is COc1ccc(C(=O)NN=Cc2ccc(C=NNC(=O)c3ccc(OC)c(I)c3)cc2)cc1I. The highest BCUT2D eigenvalue weighted by molar-refractivity contribution is 14.1. The normalized spacial score (nSPS) is 10.9. The lowest BCUT2D eigenvalue weighted by molar-refractivity contribution is 0.0947. The fraction of sp³-hybridized carbons (Fsp3) is 0.0833. The van der Waals surface area contributed by atoms with Crippen LogP contribution in [0.2, 0.25) is 0 Å². The molecule has 0 saturated carbocycles. The molecule has 3 aromatic rings. The molecule has 0 aliphatic carbocycles. The molecule has 3 aromatic carbocycles. The average Bonchev–Trinajstić information content (AvgIpc) is 2.84. The van der Waals surface area contributed by atoms with Crippen molar-refractivity contribution in [1.82, 2.24) is 10.9 Å². The number of amides is 2. The number of carbonyl (C=O) groups is 2. The zero-order valence-corrected chi connectivity index (χ0v) is 22.5. The minimum absolute atomic E-state index is 0.317. The first kappa shape index (κ1) is 25.6. The standard InChI is InChI=1S/C24H20I2N4O4/c1-33-21-9-7-17(11-19(21)25)23(31)29-27-13-15-3-5-16(6-4-15)14-28-30-24(32)18-8-10-22(34-2)20(26)12-18/h3-14H,1-2H3,(H,29,31)(H,30,32). The minimum atomic E-state index is -0.317. The average molecular weight is 682 g/mol. The Morgan fingerprint density at radius 3 is 1.41 bits per heavy atom. The van der Waals surface area contributed by atoms with Crippen molar-refractivity contribution in [3.8, 4) is 11.5 Å². The van der Waals surface area contributed by atoms with Crippen LogP contribution in [-0.4, -0.2) is 38.5 Å². The number of halogens is 2. The second-order valence-electron chi connectivity index (χ2n) is 6.76. The molecule has 0 atom stereocenters. The van der Waals surface area contributed by atoms with Gasteiger partial charge >= 0.3 is 0 Å². The van der Waals surface area contributed by atoms with Gasteiger partial charge in [0.1, 0.15) is 11.5 Å². The van der Waals surface area contributed by atoms with Gasteiger partial charge in [-0.2, -0.15) is 10.2 Å². The highest BCUT2D eigenvalue weighted by atomic mass is 127. The number of hydrogen-bond donors (Lipinski definition) is 2. The predicted octanol–water partition coefficient (Wildman–Crippen LogP) is 4.44. The summed E-state index contributed by atoms with van der Waals surface area (Å²) in [7, 11) is 3.16. The molecule has 3 rings (SSSR count). The van der Waals surface area contributed by atoms with Crippen LogP contribution in [0.5, 0.6) is 11.5 Å².